The first-order chi connectivity index (χ1) is 9.56. The fraction of sp³-hybridized carbons (Fsp3) is 1.00. The van der Waals surface area contributed by atoms with Gasteiger partial charge in [0.2, 0.25) is 0 Å². The van der Waals surface area contributed by atoms with Gasteiger partial charge in [-0.1, -0.05) is 40.0 Å². The van der Waals surface area contributed by atoms with Gasteiger partial charge < -0.3 is 10.2 Å². The summed E-state index contributed by atoms with van der Waals surface area (Å²) in [5, 5.41) is 3.48. The van der Waals surface area contributed by atoms with Crippen molar-refractivity contribution in [2.24, 2.45) is 11.3 Å². The third-order valence-corrected chi connectivity index (χ3v) is 5.44. The molecule has 0 spiro atoms. The molecule has 1 aliphatic carbocycles. The van der Waals surface area contributed by atoms with E-state index in [2.05, 4.69) is 45.0 Å². The summed E-state index contributed by atoms with van der Waals surface area (Å²) in [5.41, 5.74) is 0.526. The summed E-state index contributed by atoms with van der Waals surface area (Å²) >= 11 is 0. The van der Waals surface area contributed by atoms with Crippen LogP contribution < -0.4 is 5.32 Å². The quantitative estimate of drug-likeness (QED) is 0.678. The first-order valence-corrected chi connectivity index (χ1v) is 8.95. The van der Waals surface area contributed by atoms with Crippen LogP contribution in [0.2, 0.25) is 0 Å². The predicted octanol–water partition coefficient (Wildman–Crippen LogP) is 4.30. The molecule has 1 aliphatic rings. The fourth-order valence-electron chi connectivity index (χ4n) is 3.65. The molecule has 0 saturated heterocycles. The third-order valence-electron chi connectivity index (χ3n) is 5.44. The summed E-state index contributed by atoms with van der Waals surface area (Å²) in [5.74, 6) is 0.938. The van der Waals surface area contributed by atoms with Gasteiger partial charge in [-0.3, -0.25) is 0 Å². The highest BCUT2D eigenvalue weighted by Gasteiger charge is 2.35. The number of hydrogen-bond acceptors (Lipinski definition) is 2. The second-order valence-electron chi connectivity index (χ2n) is 7.29. The molecule has 2 heteroatoms. The van der Waals surface area contributed by atoms with Crippen LogP contribution >= 0.6 is 0 Å². The van der Waals surface area contributed by atoms with Gasteiger partial charge in [0, 0.05) is 19.1 Å². The predicted molar refractivity (Wildman–Crippen MR) is 90.2 cm³/mol. The Morgan fingerprint density at radius 2 is 1.90 bits per heavy atom. The maximum atomic E-state index is 3.48. The largest absolute Gasteiger partial charge is 0.319 e. The Morgan fingerprint density at radius 3 is 2.40 bits per heavy atom. The molecule has 1 rings (SSSR count). The van der Waals surface area contributed by atoms with Crippen LogP contribution in [-0.2, 0) is 0 Å². The average Bonchev–Trinajstić information content (AvgIpc) is 2.46. The van der Waals surface area contributed by atoms with E-state index in [1.165, 1.54) is 64.6 Å². The topological polar surface area (TPSA) is 15.3 Å². The van der Waals surface area contributed by atoms with E-state index in [-0.39, 0.29) is 0 Å². The Bertz CT molecular complexity index is 244. The Labute approximate surface area is 127 Å². The van der Waals surface area contributed by atoms with Crippen molar-refractivity contribution in [2.75, 3.05) is 26.7 Å². The van der Waals surface area contributed by atoms with Gasteiger partial charge in [-0.2, -0.15) is 0 Å². The normalized spacial score (nSPS) is 28.8. The van der Waals surface area contributed by atoms with Gasteiger partial charge in [0.15, 0.2) is 0 Å². The van der Waals surface area contributed by atoms with Crippen LogP contribution in [0.25, 0.3) is 0 Å². The summed E-state index contributed by atoms with van der Waals surface area (Å²) in [6.45, 7) is 13.2. The lowest BCUT2D eigenvalue weighted by Crippen LogP contribution is -2.48. The molecular formula is C18H38N2. The molecule has 0 aromatic rings. The van der Waals surface area contributed by atoms with Crippen molar-refractivity contribution in [3.05, 3.63) is 0 Å². The van der Waals surface area contributed by atoms with E-state index >= 15 is 0 Å². The van der Waals surface area contributed by atoms with Crippen LogP contribution in [0.4, 0.5) is 0 Å². The lowest BCUT2D eigenvalue weighted by Gasteiger charge is -2.44. The van der Waals surface area contributed by atoms with Crippen molar-refractivity contribution in [1.82, 2.24) is 10.2 Å². The van der Waals surface area contributed by atoms with Crippen LogP contribution in [0.5, 0.6) is 0 Å². The van der Waals surface area contributed by atoms with Crippen molar-refractivity contribution >= 4 is 0 Å². The highest BCUT2D eigenvalue weighted by molar-refractivity contribution is 4.90. The minimum atomic E-state index is 0.526. The summed E-state index contributed by atoms with van der Waals surface area (Å²) in [6.07, 6.45) is 9.59. The van der Waals surface area contributed by atoms with E-state index in [0.717, 1.165) is 12.0 Å². The number of unbranched alkanes of at least 4 members (excludes halogenated alkanes) is 1. The second-order valence-corrected chi connectivity index (χ2v) is 7.29. The molecule has 1 unspecified atom stereocenters. The monoisotopic (exact) mass is 282 g/mol. The average molecular weight is 283 g/mol. The second kappa shape index (κ2) is 9.04. The van der Waals surface area contributed by atoms with Gasteiger partial charge in [-0.15, -0.1) is 0 Å². The minimum absolute atomic E-state index is 0.526. The van der Waals surface area contributed by atoms with Gasteiger partial charge in [0.05, 0.1) is 0 Å². The molecule has 120 valence electrons. The van der Waals surface area contributed by atoms with E-state index < -0.39 is 0 Å². The molecule has 0 aromatic heterocycles. The maximum absolute atomic E-state index is 3.48. The van der Waals surface area contributed by atoms with Crippen molar-refractivity contribution in [3.8, 4) is 0 Å². The van der Waals surface area contributed by atoms with Crippen molar-refractivity contribution in [1.29, 1.82) is 0 Å². The number of nitrogens with zero attached hydrogens (tertiary/aromatic N) is 1. The Hall–Kier alpha value is -0.0800. The first-order valence-electron chi connectivity index (χ1n) is 8.95. The fourth-order valence-corrected chi connectivity index (χ4v) is 3.65. The Kier molecular flexibility index (Phi) is 8.13. The molecule has 1 fully saturated rings. The van der Waals surface area contributed by atoms with Crippen LogP contribution in [0.1, 0.15) is 72.6 Å². The van der Waals surface area contributed by atoms with E-state index in [0.29, 0.717) is 5.41 Å². The van der Waals surface area contributed by atoms with Gasteiger partial charge in [0.1, 0.15) is 0 Å². The lowest BCUT2D eigenvalue weighted by molar-refractivity contribution is 0.0660. The van der Waals surface area contributed by atoms with Crippen LogP contribution in [0.3, 0.4) is 0 Å². The standard InChI is InChI=1S/C18H38N2/c1-6-8-13-20(17(4)7-2)15-18(14-19-5)11-9-16(3)10-12-18/h16-17,19H,6-15H2,1-5H3. The minimum Gasteiger partial charge on any atom is -0.319 e. The highest BCUT2D eigenvalue weighted by atomic mass is 15.2. The van der Waals surface area contributed by atoms with Crippen LogP contribution in [0, 0.1) is 11.3 Å². The van der Waals surface area contributed by atoms with Crippen LogP contribution in [0.15, 0.2) is 0 Å². The summed E-state index contributed by atoms with van der Waals surface area (Å²) in [7, 11) is 2.12. The number of rotatable bonds is 9. The van der Waals surface area contributed by atoms with Gasteiger partial charge >= 0.3 is 0 Å². The highest BCUT2D eigenvalue weighted by Crippen LogP contribution is 2.39. The molecular weight excluding hydrogens is 244 g/mol. The van der Waals surface area contributed by atoms with Gasteiger partial charge in [-0.05, 0) is 57.5 Å². The van der Waals surface area contributed by atoms with Crippen molar-refractivity contribution in [3.63, 3.8) is 0 Å². The zero-order chi connectivity index (χ0) is 15.0. The summed E-state index contributed by atoms with van der Waals surface area (Å²) < 4.78 is 0. The first kappa shape index (κ1) is 18.0. The van der Waals surface area contributed by atoms with E-state index in [4.69, 9.17) is 0 Å². The van der Waals surface area contributed by atoms with E-state index in [1.807, 2.05) is 0 Å². The zero-order valence-electron chi connectivity index (χ0n) is 14.7. The molecule has 2 nitrogen and oxygen atoms in total. The van der Waals surface area contributed by atoms with Crippen molar-refractivity contribution < 1.29 is 0 Å². The van der Waals surface area contributed by atoms with Crippen molar-refractivity contribution in [2.45, 2.75) is 78.7 Å². The Balaban J connectivity index is 2.68. The molecule has 0 radical (unpaired) electrons. The van der Waals surface area contributed by atoms with Crippen LogP contribution in [-0.4, -0.2) is 37.6 Å². The zero-order valence-corrected chi connectivity index (χ0v) is 14.7. The molecule has 1 atom stereocenters. The smallest absolute Gasteiger partial charge is 0.00645 e. The van der Waals surface area contributed by atoms with E-state index in [1.54, 1.807) is 0 Å². The van der Waals surface area contributed by atoms with Gasteiger partial charge in [0.25, 0.3) is 0 Å². The molecule has 0 aliphatic heterocycles. The summed E-state index contributed by atoms with van der Waals surface area (Å²) in [6, 6.07) is 0.731. The SMILES string of the molecule is CCCCN(CC1(CNC)CCC(C)CC1)C(C)CC. The number of hydrogen-bond donors (Lipinski definition) is 1. The van der Waals surface area contributed by atoms with E-state index in [9.17, 15) is 0 Å². The molecule has 0 aromatic carbocycles. The molecule has 1 N–H and O–H groups in total. The molecule has 0 heterocycles. The molecule has 1 saturated carbocycles. The number of nitrogens with one attached hydrogen (secondary N) is 1. The summed E-state index contributed by atoms with van der Waals surface area (Å²) in [4.78, 5) is 2.77. The van der Waals surface area contributed by atoms with Gasteiger partial charge in [-0.25, -0.2) is 0 Å². The maximum Gasteiger partial charge on any atom is 0.00645 e. The molecule has 20 heavy (non-hydrogen) atoms. The third kappa shape index (κ3) is 5.37. The lowest BCUT2D eigenvalue weighted by atomic mass is 9.70. The molecule has 0 bridgehead atoms. The Morgan fingerprint density at radius 1 is 1.25 bits per heavy atom. The molecule has 0 amide bonds.